The van der Waals surface area contributed by atoms with Crippen LogP contribution in [0.5, 0.6) is 0 Å². The first-order valence-corrected chi connectivity index (χ1v) is 4.42. The predicted octanol–water partition coefficient (Wildman–Crippen LogP) is 0.759. The lowest BCUT2D eigenvalue weighted by Gasteiger charge is -1.93. The van der Waals surface area contributed by atoms with Crippen LogP contribution in [0.1, 0.15) is 22.1 Å². The Morgan fingerprint density at radius 2 is 2.07 bits per heavy atom. The maximum atomic E-state index is 10.7. The molecule has 0 fully saturated rings. The van der Waals surface area contributed by atoms with Gasteiger partial charge in [0.25, 0.3) is 11.7 Å². The number of primary amides is 1. The summed E-state index contributed by atoms with van der Waals surface area (Å²) in [5.41, 5.74) is 6.04. The van der Waals surface area contributed by atoms with E-state index in [1.807, 2.05) is 30.3 Å². The molecule has 0 atom stereocenters. The first kappa shape index (κ1) is 9.39. The first-order valence-electron chi connectivity index (χ1n) is 4.42. The standard InChI is InChI=1S/C10H9N3O2/c11-9(14)10-12-8(15-13-10)6-7-4-2-1-3-5-7/h1-5H,6H2,(H2,11,14). The molecule has 0 unspecified atom stereocenters. The lowest BCUT2D eigenvalue weighted by atomic mass is 10.1. The van der Waals surface area contributed by atoms with Crippen LogP contribution >= 0.6 is 0 Å². The van der Waals surface area contributed by atoms with Gasteiger partial charge in [-0.2, -0.15) is 4.98 Å². The second-order valence-corrected chi connectivity index (χ2v) is 3.04. The molecule has 1 aromatic carbocycles. The van der Waals surface area contributed by atoms with Crippen LogP contribution in [0.3, 0.4) is 0 Å². The number of carbonyl (C=O) groups excluding carboxylic acids is 1. The molecule has 0 aliphatic rings. The molecule has 0 bridgehead atoms. The van der Waals surface area contributed by atoms with Crippen LogP contribution in [0.25, 0.3) is 0 Å². The van der Waals surface area contributed by atoms with Gasteiger partial charge in [-0.3, -0.25) is 4.79 Å². The average Bonchev–Trinajstić information content (AvgIpc) is 2.68. The minimum Gasteiger partial charge on any atom is -0.363 e. The molecule has 2 rings (SSSR count). The van der Waals surface area contributed by atoms with Crippen LogP contribution < -0.4 is 5.73 Å². The Hall–Kier alpha value is -2.17. The van der Waals surface area contributed by atoms with Gasteiger partial charge in [0.05, 0.1) is 6.42 Å². The van der Waals surface area contributed by atoms with Crippen molar-refractivity contribution in [2.75, 3.05) is 0 Å². The van der Waals surface area contributed by atoms with Crippen molar-refractivity contribution in [2.24, 2.45) is 5.73 Å². The van der Waals surface area contributed by atoms with Crippen molar-refractivity contribution < 1.29 is 9.32 Å². The van der Waals surface area contributed by atoms with Crippen LogP contribution in [0.15, 0.2) is 34.9 Å². The SMILES string of the molecule is NC(=O)c1noc(Cc2ccccc2)n1. The van der Waals surface area contributed by atoms with Gasteiger partial charge in [-0.15, -0.1) is 0 Å². The molecule has 0 aliphatic heterocycles. The Balaban J connectivity index is 2.15. The van der Waals surface area contributed by atoms with E-state index in [4.69, 9.17) is 10.3 Å². The summed E-state index contributed by atoms with van der Waals surface area (Å²) in [6.07, 6.45) is 0.501. The highest BCUT2D eigenvalue weighted by Gasteiger charge is 2.10. The van der Waals surface area contributed by atoms with E-state index >= 15 is 0 Å². The van der Waals surface area contributed by atoms with Gasteiger partial charge in [-0.05, 0) is 5.56 Å². The Morgan fingerprint density at radius 1 is 1.33 bits per heavy atom. The molecule has 15 heavy (non-hydrogen) atoms. The lowest BCUT2D eigenvalue weighted by molar-refractivity contribution is 0.0987. The normalized spacial score (nSPS) is 10.1. The third kappa shape index (κ3) is 2.19. The van der Waals surface area contributed by atoms with Gasteiger partial charge in [0.15, 0.2) is 0 Å². The Morgan fingerprint density at radius 3 is 2.67 bits per heavy atom. The second-order valence-electron chi connectivity index (χ2n) is 3.04. The van der Waals surface area contributed by atoms with E-state index in [1.54, 1.807) is 0 Å². The number of hydrogen-bond donors (Lipinski definition) is 1. The second kappa shape index (κ2) is 3.91. The largest absolute Gasteiger partial charge is 0.363 e. The number of aromatic nitrogens is 2. The van der Waals surface area contributed by atoms with Crippen molar-refractivity contribution in [3.63, 3.8) is 0 Å². The van der Waals surface area contributed by atoms with E-state index in [-0.39, 0.29) is 5.82 Å². The third-order valence-corrected chi connectivity index (χ3v) is 1.89. The van der Waals surface area contributed by atoms with Crippen molar-refractivity contribution >= 4 is 5.91 Å². The Kier molecular flexibility index (Phi) is 2.45. The highest BCUT2D eigenvalue weighted by molar-refractivity contribution is 5.88. The monoisotopic (exact) mass is 203 g/mol. The zero-order valence-corrected chi connectivity index (χ0v) is 7.88. The molecule has 1 aromatic heterocycles. The summed E-state index contributed by atoms with van der Waals surface area (Å²) in [7, 11) is 0. The maximum Gasteiger partial charge on any atom is 0.290 e. The molecule has 1 amide bonds. The third-order valence-electron chi connectivity index (χ3n) is 1.89. The van der Waals surface area contributed by atoms with E-state index in [0.29, 0.717) is 12.3 Å². The van der Waals surface area contributed by atoms with Crippen LogP contribution in [0.4, 0.5) is 0 Å². The maximum absolute atomic E-state index is 10.7. The van der Waals surface area contributed by atoms with Crippen molar-refractivity contribution in [1.82, 2.24) is 10.1 Å². The smallest absolute Gasteiger partial charge is 0.290 e. The van der Waals surface area contributed by atoms with E-state index in [9.17, 15) is 4.79 Å². The highest BCUT2D eigenvalue weighted by Crippen LogP contribution is 2.06. The van der Waals surface area contributed by atoms with Crippen molar-refractivity contribution in [1.29, 1.82) is 0 Å². The quantitative estimate of drug-likeness (QED) is 0.798. The summed E-state index contributed by atoms with van der Waals surface area (Å²) in [6, 6.07) is 9.63. The summed E-state index contributed by atoms with van der Waals surface area (Å²) >= 11 is 0. The van der Waals surface area contributed by atoms with Gasteiger partial charge < -0.3 is 10.3 Å². The van der Waals surface area contributed by atoms with Gasteiger partial charge in [0.1, 0.15) is 0 Å². The summed E-state index contributed by atoms with van der Waals surface area (Å²) < 4.78 is 4.87. The molecular weight excluding hydrogens is 194 g/mol. The van der Waals surface area contributed by atoms with Gasteiger partial charge in [0, 0.05) is 0 Å². The molecule has 0 saturated heterocycles. The number of nitrogens with two attached hydrogens (primary N) is 1. The van der Waals surface area contributed by atoms with Gasteiger partial charge in [0.2, 0.25) is 5.89 Å². The van der Waals surface area contributed by atoms with E-state index in [2.05, 4.69) is 10.1 Å². The number of carbonyl (C=O) groups is 1. The van der Waals surface area contributed by atoms with Crippen molar-refractivity contribution in [3.05, 3.63) is 47.6 Å². The molecule has 1 heterocycles. The molecule has 5 heteroatoms. The van der Waals surface area contributed by atoms with Crippen LogP contribution in [-0.4, -0.2) is 16.0 Å². The minimum atomic E-state index is -0.682. The number of nitrogens with zero attached hydrogens (tertiary/aromatic N) is 2. The van der Waals surface area contributed by atoms with Crippen molar-refractivity contribution in [3.8, 4) is 0 Å². The minimum absolute atomic E-state index is 0.0825. The highest BCUT2D eigenvalue weighted by atomic mass is 16.5. The van der Waals surface area contributed by atoms with Crippen LogP contribution in [0.2, 0.25) is 0 Å². The molecule has 0 spiro atoms. The molecule has 0 radical (unpaired) electrons. The summed E-state index contributed by atoms with van der Waals surface area (Å²) in [6.45, 7) is 0. The fraction of sp³-hybridized carbons (Fsp3) is 0.100. The van der Waals surface area contributed by atoms with Crippen LogP contribution in [-0.2, 0) is 6.42 Å². The zero-order valence-electron chi connectivity index (χ0n) is 7.88. The van der Waals surface area contributed by atoms with Gasteiger partial charge in [-0.25, -0.2) is 0 Å². The molecule has 2 aromatic rings. The summed E-state index contributed by atoms with van der Waals surface area (Å²) in [5.74, 6) is -0.381. The Labute approximate surface area is 85.9 Å². The average molecular weight is 203 g/mol. The molecule has 0 saturated carbocycles. The fourth-order valence-corrected chi connectivity index (χ4v) is 1.20. The molecule has 2 N–H and O–H groups in total. The van der Waals surface area contributed by atoms with E-state index in [1.165, 1.54) is 0 Å². The summed E-state index contributed by atoms with van der Waals surface area (Å²) in [5, 5.41) is 3.45. The molecular formula is C10H9N3O2. The van der Waals surface area contributed by atoms with Crippen molar-refractivity contribution in [2.45, 2.75) is 6.42 Å². The zero-order chi connectivity index (χ0) is 10.7. The summed E-state index contributed by atoms with van der Waals surface area (Å²) in [4.78, 5) is 14.6. The lowest BCUT2D eigenvalue weighted by Crippen LogP contribution is -2.12. The topological polar surface area (TPSA) is 82.0 Å². The molecule has 0 aliphatic carbocycles. The van der Waals surface area contributed by atoms with Crippen LogP contribution in [0, 0.1) is 0 Å². The first-order chi connectivity index (χ1) is 7.25. The number of amides is 1. The number of benzene rings is 1. The Bertz CT molecular complexity index is 465. The molecule has 5 nitrogen and oxygen atoms in total. The van der Waals surface area contributed by atoms with Gasteiger partial charge >= 0.3 is 0 Å². The fourth-order valence-electron chi connectivity index (χ4n) is 1.20. The van der Waals surface area contributed by atoms with E-state index in [0.717, 1.165) is 5.56 Å². The predicted molar refractivity (Wildman–Crippen MR) is 52.1 cm³/mol. The van der Waals surface area contributed by atoms with Gasteiger partial charge in [-0.1, -0.05) is 35.5 Å². The van der Waals surface area contributed by atoms with E-state index < -0.39 is 5.91 Å². The molecule has 76 valence electrons. The number of hydrogen-bond acceptors (Lipinski definition) is 4. The number of rotatable bonds is 3.